The molecule has 2 aromatic carbocycles. The zero-order chi connectivity index (χ0) is 14.0. The molecule has 1 atom stereocenters. The third-order valence-electron chi connectivity index (χ3n) is 3.55. The molecule has 0 saturated carbocycles. The minimum Gasteiger partial charge on any atom is -0.324 e. The first-order valence-electron chi connectivity index (χ1n) is 6.55. The van der Waals surface area contributed by atoms with Crippen LogP contribution in [0, 0.1) is 20.8 Å². The highest BCUT2D eigenvalue weighted by molar-refractivity contribution is 6.31. The van der Waals surface area contributed by atoms with Crippen LogP contribution in [0.3, 0.4) is 0 Å². The summed E-state index contributed by atoms with van der Waals surface area (Å²) >= 11 is 6.05. The lowest BCUT2D eigenvalue weighted by atomic mass is 9.95. The van der Waals surface area contributed by atoms with E-state index in [0.29, 0.717) is 0 Å². The minimum atomic E-state index is 0.0106. The van der Waals surface area contributed by atoms with Crippen molar-refractivity contribution in [3.63, 3.8) is 0 Å². The van der Waals surface area contributed by atoms with E-state index in [1.54, 1.807) is 0 Å². The number of rotatable bonds is 3. The molecule has 19 heavy (non-hydrogen) atoms. The fraction of sp³-hybridized carbons (Fsp3) is 0.294. The van der Waals surface area contributed by atoms with Gasteiger partial charge in [-0.05, 0) is 55.5 Å². The Kier molecular flexibility index (Phi) is 4.28. The second kappa shape index (κ2) is 5.77. The number of halogens is 1. The first-order chi connectivity index (χ1) is 8.97. The van der Waals surface area contributed by atoms with Gasteiger partial charge in [0.05, 0.1) is 0 Å². The molecule has 0 saturated heterocycles. The van der Waals surface area contributed by atoms with Crippen molar-refractivity contribution in [1.29, 1.82) is 0 Å². The van der Waals surface area contributed by atoms with Crippen LogP contribution in [0.5, 0.6) is 0 Å². The van der Waals surface area contributed by atoms with Crippen molar-refractivity contribution in [3.8, 4) is 0 Å². The Morgan fingerprint density at radius 1 is 1.00 bits per heavy atom. The molecule has 0 bridgehead atoms. The van der Waals surface area contributed by atoms with E-state index in [1.807, 2.05) is 19.1 Å². The SMILES string of the molecule is Cc1ccc(C)c(CC(N)c2ccc(Cl)c(C)c2)c1. The van der Waals surface area contributed by atoms with Crippen molar-refractivity contribution >= 4 is 11.6 Å². The van der Waals surface area contributed by atoms with Crippen LogP contribution in [0.4, 0.5) is 0 Å². The molecule has 2 aromatic rings. The molecule has 0 aromatic heterocycles. The summed E-state index contributed by atoms with van der Waals surface area (Å²) in [5.74, 6) is 0. The van der Waals surface area contributed by atoms with Gasteiger partial charge in [0, 0.05) is 11.1 Å². The second-order valence-corrected chi connectivity index (χ2v) is 5.66. The van der Waals surface area contributed by atoms with Crippen molar-refractivity contribution in [1.82, 2.24) is 0 Å². The van der Waals surface area contributed by atoms with Crippen molar-refractivity contribution in [2.24, 2.45) is 5.73 Å². The second-order valence-electron chi connectivity index (χ2n) is 5.25. The summed E-state index contributed by atoms with van der Waals surface area (Å²) in [4.78, 5) is 0. The van der Waals surface area contributed by atoms with Gasteiger partial charge < -0.3 is 5.73 Å². The van der Waals surface area contributed by atoms with Crippen LogP contribution in [-0.2, 0) is 6.42 Å². The van der Waals surface area contributed by atoms with Crippen molar-refractivity contribution in [2.75, 3.05) is 0 Å². The standard InChI is InChI=1S/C17H20ClN/c1-11-4-5-12(2)15(8-11)10-17(19)14-6-7-16(18)13(3)9-14/h4-9,17H,10,19H2,1-3H3. The van der Waals surface area contributed by atoms with E-state index in [4.69, 9.17) is 17.3 Å². The Hall–Kier alpha value is -1.31. The van der Waals surface area contributed by atoms with E-state index in [2.05, 4.69) is 38.1 Å². The first kappa shape index (κ1) is 14.1. The van der Waals surface area contributed by atoms with Gasteiger partial charge in [-0.1, -0.05) is 47.5 Å². The maximum absolute atomic E-state index is 6.32. The third-order valence-corrected chi connectivity index (χ3v) is 3.98. The van der Waals surface area contributed by atoms with Gasteiger partial charge in [0.15, 0.2) is 0 Å². The monoisotopic (exact) mass is 273 g/mol. The van der Waals surface area contributed by atoms with Gasteiger partial charge in [0.25, 0.3) is 0 Å². The predicted octanol–water partition coefficient (Wildman–Crippen LogP) is 4.51. The molecule has 0 aliphatic heterocycles. The fourth-order valence-corrected chi connectivity index (χ4v) is 2.39. The molecule has 100 valence electrons. The molecule has 1 unspecified atom stereocenters. The summed E-state index contributed by atoms with van der Waals surface area (Å²) < 4.78 is 0. The van der Waals surface area contributed by atoms with E-state index in [9.17, 15) is 0 Å². The van der Waals surface area contributed by atoms with Gasteiger partial charge >= 0.3 is 0 Å². The Balaban J connectivity index is 2.22. The van der Waals surface area contributed by atoms with Gasteiger partial charge in [0.1, 0.15) is 0 Å². The lowest BCUT2D eigenvalue weighted by Gasteiger charge is -2.15. The van der Waals surface area contributed by atoms with Crippen LogP contribution in [0.2, 0.25) is 5.02 Å². The normalized spacial score (nSPS) is 12.5. The lowest BCUT2D eigenvalue weighted by molar-refractivity contribution is 0.717. The van der Waals surface area contributed by atoms with Gasteiger partial charge in [0.2, 0.25) is 0 Å². The maximum Gasteiger partial charge on any atom is 0.0435 e. The molecule has 2 heteroatoms. The van der Waals surface area contributed by atoms with E-state index in [-0.39, 0.29) is 6.04 Å². The maximum atomic E-state index is 6.32. The first-order valence-corrected chi connectivity index (χ1v) is 6.93. The van der Waals surface area contributed by atoms with E-state index in [0.717, 1.165) is 22.6 Å². The summed E-state index contributed by atoms with van der Waals surface area (Å²) in [6.45, 7) is 6.26. The molecule has 0 heterocycles. The minimum absolute atomic E-state index is 0.0106. The smallest absolute Gasteiger partial charge is 0.0435 e. The average Bonchev–Trinajstić information content (AvgIpc) is 2.37. The molecular weight excluding hydrogens is 254 g/mol. The van der Waals surface area contributed by atoms with Crippen molar-refractivity contribution < 1.29 is 0 Å². The zero-order valence-corrected chi connectivity index (χ0v) is 12.5. The fourth-order valence-electron chi connectivity index (χ4n) is 2.27. The van der Waals surface area contributed by atoms with E-state index in [1.165, 1.54) is 16.7 Å². The van der Waals surface area contributed by atoms with Crippen LogP contribution >= 0.6 is 11.6 Å². The number of aryl methyl sites for hydroxylation is 3. The van der Waals surface area contributed by atoms with Crippen molar-refractivity contribution in [3.05, 3.63) is 69.2 Å². The molecule has 0 aliphatic carbocycles. The Bertz CT molecular complexity index is 590. The third kappa shape index (κ3) is 3.37. The largest absolute Gasteiger partial charge is 0.324 e. The highest BCUT2D eigenvalue weighted by Crippen LogP contribution is 2.23. The van der Waals surface area contributed by atoms with E-state index >= 15 is 0 Å². The predicted molar refractivity (Wildman–Crippen MR) is 82.7 cm³/mol. The summed E-state index contributed by atoms with van der Waals surface area (Å²) in [5, 5.41) is 0.794. The highest BCUT2D eigenvalue weighted by Gasteiger charge is 2.10. The summed E-state index contributed by atoms with van der Waals surface area (Å²) in [7, 11) is 0. The molecule has 1 nitrogen and oxygen atoms in total. The number of hydrogen-bond acceptors (Lipinski definition) is 1. The van der Waals surface area contributed by atoms with Crippen LogP contribution in [0.1, 0.15) is 33.9 Å². The Labute approximate surface area is 120 Å². The molecule has 0 amide bonds. The molecule has 2 rings (SSSR count). The number of hydrogen-bond donors (Lipinski definition) is 1. The van der Waals surface area contributed by atoms with Crippen LogP contribution in [0.25, 0.3) is 0 Å². The highest BCUT2D eigenvalue weighted by atomic mass is 35.5. The molecule has 0 fully saturated rings. The topological polar surface area (TPSA) is 26.0 Å². The molecule has 0 radical (unpaired) electrons. The van der Waals surface area contributed by atoms with Crippen LogP contribution < -0.4 is 5.73 Å². The van der Waals surface area contributed by atoms with Gasteiger partial charge in [-0.15, -0.1) is 0 Å². The van der Waals surface area contributed by atoms with Gasteiger partial charge in [-0.25, -0.2) is 0 Å². The number of benzene rings is 2. The molecule has 0 spiro atoms. The quantitative estimate of drug-likeness (QED) is 0.875. The lowest BCUT2D eigenvalue weighted by Crippen LogP contribution is -2.14. The summed E-state index contributed by atoms with van der Waals surface area (Å²) in [6, 6.07) is 12.6. The summed E-state index contributed by atoms with van der Waals surface area (Å²) in [5.41, 5.74) is 12.4. The molecule has 2 N–H and O–H groups in total. The van der Waals surface area contributed by atoms with Crippen molar-refractivity contribution in [2.45, 2.75) is 33.2 Å². The summed E-state index contributed by atoms with van der Waals surface area (Å²) in [6.07, 6.45) is 0.856. The van der Waals surface area contributed by atoms with Crippen LogP contribution in [0.15, 0.2) is 36.4 Å². The molecule has 0 aliphatic rings. The van der Waals surface area contributed by atoms with E-state index < -0.39 is 0 Å². The molecular formula is C17H20ClN. The average molecular weight is 274 g/mol. The zero-order valence-electron chi connectivity index (χ0n) is 11.7. The van der Waals surface area contributed by atoms with Crippen LogP contribution in [-0.4, -0.2) is 0 Å². The Morgan fingerprint density at radius 2 is 1.74 bits per heavy atom. The number of nitrogens with two attached hydrogens (primary N) is 1. The van der Waals surface area contributed by atoms with Gasteiger partial charge in [-0.3, -0.25) is 0 Å². The Morgan fingerprint density at radius 3 is 2.42 bits per heavy atom. The van der Waals surface area contributed by atoms with Gasteiger partial charge in [-0.2, -0.15) is 0 Å².